The van der Waals surface area contributed by atoms with Crippen LogP contribution in [0.25, 0.3) is 6.08 Å². The molecule has 1 aliphatic carbocycles. The van der Waals surface area contributed by atoms with Gasteiger partial charge in [-0.25, -0.2) is 13.6 Å². The van der Waals surface area contributed by atoms with E-state index in [4.69, 9.17) is 4.74 Å². The van der Waals surface area contributed by atoms with Gasteiger partial charge in [-0.15, -0.1) is 0 Å². The summed E-state index contributed by atoms with van der Waals surface area (Å²) in [7, 11) is 0. The molecule has 0 unspecified atom stereocenters. The monoisotopic (exact) mass is 223 g/mol. The lowest BCUT2D eigenvalue weighted by Gasteiger charge is -2.20. The predicted octanol–water partition coefficient (Wildman–Crippen LogP) is 2.14. The zero-order valence-corrected chi connectivity index (χ0v) is 8.04. The summed E-state index contributed by atoms with van der Waals surface area (Å²) in [6.07, 6.45) is 2.24. The molecule has 1 N–H and O–H groups in total. The van der Waals surface area contributed by atoms with Crippen molar-refractivity contribution in [3.05, 3.63) is 41.0 Å². The molecule has 1 fully saturated rings. The molecule has 2 atom stereocenters. The molecule has 3 nitrogen and oxygen atoms in total. The van der Waals surface area contributed by atoms with Crippen LogP contribution in [-0.4, -0.2) is 12.1 Å². The van der Waals surface area contributed by atoms with Crippen LogP contribution in [0.1, 0.15) is 17.2 Å². The normalized spacial score (nSPS) is 25.8. The van der Waals surface area contributed by atoms with Gasteiger partial charge in [-0.3, -0.25) is 0 Å². The number of hydrogen-bond acceptors (Lipinski definition) is 2. The zero-order valence-electron chi connectivity index (χ0n) is 8.04. The van der Waals surface area contributed by atoms with Crippen LogP contribution >= 0.6 is 0 Å². The van der Waals surface area contributed by atoms with E-state index < -0.39 is 23.8 Å². The van der Waals surface area contributed by atoms with Crippen molar-refractivity contribution in [2.24, 2.45) is 0 Å². The van der Waals surface area contributed by atoms with Gasteiger partial charge in [0.05, 0.1) is 6.04 Å². The van der Waals surface area contributed by atoms with Crippen molar-refractivity contribution in [1.82, 2.24) is 5.32 Å². The Morgan fingerprint density at radius 2 is 2.00 bits per heavy atom. The molecule has 82 valence electrons. The fourth-order valence-corrected chi connectivity index (χ4v) is 2.02. The minimum Gasteiger partial charge on any atom is -0.439 e. The second-order valence-corrected chi connectivity index (χ2v) is 3.75. The van der Waals surface area contributed by atoms with Gasteiger partial charge in [-0.1, -0.05) is 12.2 Å². The van der Waals surface area contributed by atoms with Gasteiger partial charge in [0, 0.05) is 5.56 Å². The molecular weight excluding hydrogens is 216 g/mol. The summed E-state index contributed by atoms with van der Waals surface area (Å²) in [5, 5.41) is 2.57. The number of halogens is 2. The molecule has 3 rings (SSSR count). The standard InChI is InChI=1S/C11H7F2NO2/c12-7-3-5-1-2-9-10(16-11(15)14-9)6(5)4-8(7)13/h1-4,9-10H,(H,14,15)/t9-,10-/m1/s1. The molecule has 16 heavy (non-hydrogen) atoms. The molecule has 1 aromatic rings. The van der Waals surface area contributed by atoms with Crippen molar-refractivity contribution < 1.29 is 18.3 Å². The maximum Gasteiger partial charge on any atom is 0.408 e. The first kappa shape index (κ1) is 9.33. The number of carbonyl (C=O) groups is 1. The molecule has 1 aromatic carbocycles. The van der Waals surface area contributed by atoms with Crippen LogP contribution in [0.15, 0.2) is 18.2 Å². The first-order valence-electron chi connectivity index (χ1n) is 4.79. The molecule has 2 aliphatic rings. The Morgan fingerprint density at radius 3 is 2.81 bits per heavy atom. The van der Waals surface area contributed by atoms with Crippen LogP contribution in [0, 0.1) is 11.6 Å². The van der Waals surface area contributed by atoms with Crippen LogP contribution in [-0.2, 0) is 4.74 Å². The molecule has 1 aliphatic heterocycles. The van der Waals surface area contributed by atoms with Crippen molar-refractivity contribution in [3.8, 4) is 0 Å². The molecule has 0 bridgehead atoms. The summed E-state index contributed by atoms with van der Waals surface area (Å²) in [5.74, 6) is -1.84. The SMILES string of the molecule is O=C1N[C@@H]2C=Cc3cc(F)c(F)cc3[C@H]2O1. The van der Waals surface area contributed by atoms with Crippen LogP contribution < -0.4 is 5.32 Å². The lowest BCUT2D eigenvalue weighted by atomic mass is 9.92. The molecule has 0 radical (unpaired) electrons. The van der Waals surface area contributed by atoms with Crippen molar-refractivity contribution in [1.29, 1.82) is 0 Å². The molecule has 0 aromatic heterocycles. The van der Waals surface area contributed by atoms with E-state index >= 15 is 0 Å². The average molecular weight is 223 g/mol. The average Bonchev–Trinajstić information content (AvgIpc) is 2.61. The summed E-state index contributed by atoms with van der Waals surface area (Å²) in [6, 6.07) is 1.88. The lowest BCUT2D eigenvalue weighted by molar-refractivity contribution is 0.135. The van der Waals surface area contributed by atoms with E-state index in [0.717, 1.165) is 12.1 Å². The zero-order chi connectivity index (χ0) is 11.3. The van der Waals surface area contributed by atoms with E-state index in [-0.39, 0.29) is 6.04 Å². The first-order chi connectivity index (χ1) is 7.65. The maximum absolute atomic E-state index is 13.1. The van der Waals surface area contributed by atoms with E-state index in [1.165, 1.54) is 0 Å². The number of amides is 1. The third-order valence-electron chi connectivity index (χ3n) is 2.76. The fourth-order valence-electron chi connectivity index (χ4n) is 2.02. The highest BCUT2D eigenvalue weighted by molar-refractivity contribution is 5.74. The first-order valence-corrected chi connectivity index (χ1v) is 4.79. The van der Waals surface area contributed by atoms with Gasteiger partial charge in [0.15, 0.2) is 17.7 Å². The van der Waals surface area contributed by atoms with Crippen LogP contribution in [0.3, 0.4) is 0 Å². The number of alkyl carbamates (subject to hydrolysis) is 1. The number of carbonyl (C=O) groups excluding carboxylic acids is 1. The quantitative estimate of drug-likeness (QED) is 0.731. The van der Waals surface area contributed by atoms with Gasteiger partial charge in [0.25, 0.3) is 0 Å². The predicted molar refractivity (Wildman–Crippen MR) is 51.5 cm³/mol. The minimum atomic E-state index is -0.934. The Bertz CT molecular complexity index is 513. The van der Waals surface area contributed by atoms with Gasteiger partial charge in [0.2, 0.25) is 0 Å². The number of nitrogens with one attached hydrogen (secondary N) is 1. The largest absolute Gasteiger partial charge is 0.439 e. The van der Waals surface area contributed by atoms with Crippen molar-refractivity contribution in [3.63, 3.8) is 0 Å². The van der Waals surface area contributed by atoms with Gasteiger partial charge in [-0.2, -0.15) is 0 Å². The summed E-state index contributed by atoms with van der Waals surface area (Å²) >= 11 is 0. The summed E-state index contributed by atoms with van der Waals surface area (Å²) in [4.78, 5) is 11.0. The topological polar surface area (TPSA) is 38.3 Å². The second kappa shape index (κ2) is 3.04. The van der Waals surface area contributed by atoms with Crippen molar-refractivity contribution in [2.45, 2.75) is 12.1 Å². The Hall–Kier alpha value is -1.91. The van der Waals surface area contributed by atoms with Crippen molar-refractivity contribution >= 4 is 12.2 Å². The maximum atomic E-state index is 13.1. The Kier molecular flexibility index (Phi) is 1.77. The Labute approximate surface area is 89.7 Å². The Balaban J connectivity index is 2.14. The van der Waals surface area contributed by atoms with Gasteiger partial charge < -0.3 is 10.1 Å². The third kappa shape index (κ3) is 1.21. The number of ether oxygens (including phenoxy) is 1. The van der Waals surface area contributed by atoms with Gasteiger partial charge in [0.1, 0.15) is 0 Å². The molecule has 0 spiro atoms. The summed E-state index contributed by atoms with van der Waals surface area (Å²) in [6.45, 7) is 0. The minimum absolute atomic E-state index is 0.301. The Morgan fingerprint density at radius 1 is 1.25 bits per heavy atom. The number of fused-ring (bicyclic) bond motifs is 3. The van der Waals surface area contributed by atoms with Crippen LogP contribution in [0.4, 0.5) is 13.6 Å². The third-order valence-corrected chi connectivity index (χ3v) is 2.76. The van der Waals surface area contributed by atoms with E-state index in [1.54, 1.807) is 12.2 Å². The summed E-state index contributed by atoms with van der Waals surface area (Å²) < 4.78 is 31.1. The number of hydrogen-bond donors (Lipinski definition) is 1. The fraction of sp³-hybridized carbons (Fsp3) is 0.182. The molecule has 1 saturated heterocycles. The number of rotatable bonds is 0. The van der Waals surface area contributed by atoms with Gasteiger partial charge >= 0.3 is 6.09 Å². The van der Waals surface area contributed by atoms with E-state index in [2.05, 4.69) is 5.32 Å². The highest BCUT2D eigenvalue weighted by atomic mass is 19.2. The molecule has 1 heterocycles. The second-order valence-electron chi connectivity index (χ2n) is 3.75. The molecule has 0 saturated carbocycles. The van der Waals surface area contributed by atoms with E-state index in [0.29, 0.717) is 11.1 Å². The number of benzene rings is 1. The van der Waals surface area contributed by atoms with Crippen molar-refractivity contribution in [2.75, 3.05) is 0 Å². The van der Waals surface area contributed by atoms with Gasteiger partial charge in [-0.05, 0) is 17.7 Å². The van der Waals surface area contributed by atoms with Crippen LogP contribution in [0.2, 0.25) is 0 Å². The molecular formula is C11H7F2NO2. The van der Waals surface area contributed by atoms with E-state index in [9.17, 15) is 13.6 Å². The smallest absolute Gasteiger partial charge is 0.408 e. The molecule has 1 amide bonds. The van der Waals surface area contributed by atoms with Crippen LogP contribution in [0.5, 0.6) is 0 Å². The highest BCUT2D eigenvalue weighted by Crippen LogP contribution is 2.35. The summed E-state index contributed by atoms with van der Waals surface area (Å²) in [5.41, 5.74) is 1.03. The van der Waals surface area contributed by atoms with E-state index in [1.807, 2.05) is 0 Å². The highest BCUT2D eigenvalue weighted by Gasteiger charge is 2.37. The molecule has 5 heteroatoms. The lowest BCUT2D eigenvalue weighted by Crippen LogP contribution is -2.27.